The van der Waals surface area contributed by atoms with Crippen LogP contribution in [-0.2, 0) is 0 Å². The normalized spacial score (nSPS) is 10.8. The molecule has 102 valence electrons. The first-order valence-electron chi connectivity index (χ1n) is 6.36. The molecule has 0 saturated heterocycles. The van der Waals surface area contributed by atoms with E-state index in [0.29, 0.717) is 5.56 Å². The molecule has 20 heavy (non-hydrogen) atoms. The van der Waals surface area contributed by atoms with Gasteiger partial charge in [-0.05, 0) is 61.4 Å². The Hall–Kier alpha value is -1.87. The number of halogens is 1. The maximum absolute atomic E-state index is 11.9. The minimum atomic E-state index is -0.0191. The molecule has 0 aromatic heterocycles. The van der Waals surface area contributed by atoms with Gasteiger partial charge in [0.15, 0.2) is 5.78 Å². The van der Waals surface area contributed by atoms with Gasteiger partial charge in [-0.15, -0.1) is 0 Å². The maximum atomic E-state index is 11.9. The van der Waals surface area contributed by atoms with E-state index in [-0.39, 0.29) is 5.78 Å². The molecule has 2 rings (SSSR count). The Balaban J connectivity index is 2.02. The highest BCUT2D eigenvalue weighted by Crippen LogP contribution is 2.14. The molecule has 1 N–H and O–H groups in total. The summed E-state index contributed by atoms with van der Waals surface area (Å²) in [4.78, 5) is 11.9. The summed E-state index contributed by atoms with van der Waals surface area (Å²) >= 11 is 3.35. The van der Waals surface area contributed by atoms with Gasteiger partial charge in [0.25, 0.3) is 0 Å². The SMILES string of the molecule is Cc1cc(C)cc(N/C=C\C(=O)c2ccc(Br)cc2)c1. The molecule has 0 atom stereocenters. The van der Waals surface area contributed by atoms with Crippen LogP contribution >= 0.6 is 15.9 Å². The van der Waals surface area contributed by atoms with Crippen molar-refractivity contribution >= 4 is 27.4 Å². The average Bonchev–Trinajstić information content (AvgIpc) is 2.38. The predicted molar refractivity (Wildman–Crippen MR) is 87.2 cm³/mol. The topological polar surface area (TPSA) is 29.1 Å². The third kappa shape index (κ3) is 4.07. The number of carbonyl (C=O) groups excluding carboxylic acids is 1. The van der Waals surface area contributed by atoms with E-state index in [2.05, 4.69) is 41.2 Å². The summed E-state index contributed by atoms with van der Waals surface area (Å²) in [6.45, 7) is 4.10. The maximum Gasteiger partial charge on any atom is 0.187 e. The number of aryl methyl sites for hydroxylation is 2. The van der Waals surface area contributed by atoms with Gasteiger partial charge >= 0.3 is 0 Å². The van der Waals surface area contributed by atoms with Crippen LogP contribution in [0.2, 0.25) is 0 Å². The highest BCUT2D eigenvalue weighted by Gasteiger charge is 2.00. The van der Waals surface area contributed by atoms with Gasteiger partial charge in [-0.3, -0.25) is 4.79 Å². The second-order valence-corrected chi connectivity index (χ2v) is 5.64. The Labute approximate surface area is 127 Å². The summed E-state index contributed by atoms with van der Waals surface area (Å²) in [5.74, 6) is -0.0191. The van der Waals surface area contributed by atoms with E-state index < -0.39 is 0 Å². The van der Waals surface area contributed by atoms with Crippen molar-refractivity contribution in [1.29, 1.82) is 0 Å². The van der Waals surface area contributed by atoms with Crippen molar-refractivity contribution in [3.05, 3.63) is 75.9 Å². The summed E-state index contributed by atoms with van der Waals surface area (Å²) in [5.41, 5.74) is 4.05. The van der Waals surface area contributed by atoms with Gasteiger partial charge in [0, 0.05) is 28.0 Å². The molecule has 0 aliphatic carbocycles. The molecule has 0 amide bonds. The second-order valence-electron chi connectivity index (χ2n) is 4.73. The van der Waals surface area contributed by atoms with E-state index in [0.717, 1.165) is 10.2 Å². The van der Waals surface area contributed by atoms with Gasteiger partial charge in [-0.2, -0.15) is 0 Å². The Bertz CT molecular complexity index is 624. The van der Waals surface area contributed by atoms with Crippen molar-refractivity contribution in [3.63, 3.8) is 0 Å². The monoisotopic (exact) mass is 329 g/mol. The van der Waals surface area contributed by atoms with Crippen molar-refractivity contribution in [3.8, 4) is 0 Å². The first kappa shape index (κ1) is 14.5. The number of nitrogens with one attached hydrogen (secondary N) is 1. The highest BCUT2D eigenvalue weighted by atomic mass is 79.9. The van der Waals surface area contributed by atoms with Gasteiger partial charge in [0.05, 0.1) is 0 Å². The van der Waals surface area contributed by atoms with E-state index in [1.807, 2.05) is 24.3 Å². The molecule has 0 heterocycles. The second kappa shape index (κ2) is 6.53. The number of rotatable bonds is 4. The Morgan fingerprint density at radius 3 is 2.25 bits per heavy atom. The van der Waals surface area contributed by atoms with E-state index >= 15 is 0 Å². The molecule has 0 saturated carbocycles. The number of hydrogen-bond acceptors (Lipinski definition) is 2. The molecule has 0 fully saturated rings. The van der Waals surface area contributed by atoms with Crippen LogP contribution in [0.3, 0.4) is 0 Å². The van der Waals surface area contributed by atoms with Crippen molar-refractivity contribution < 1.29 is 4.79 Å². The first-order chi connectivity index (χ1) is 9.54. The molecule has 0 aliphatic rings. The zero-order valence-corrected chi connectivity index (χ0v) is 13.1. The van der Waals surface area contributed by atoms with Crippen molar-refractivity contribution in [2.24, 2.45) is 0 Å². The number of ketones is 1. The number of anilines is 1. The van der Waals surface area contributed by atoms with E-state index in [9.17, 15) is 4.79 Å². The summed E-state index contributed by atoms with van der Waals surface area (Å²) in [6.07, 6.45) is 3.22. The minimum Gasteiger partial charge on any atom is -0.362 e. The van der Waals surface area contributed by atoms with E-state index in [4.69, 9.17) is 0 Å². The molecule has 2 aromatic rings. The van der Waals surface area contributed by atoms with Crippen LogP contribution in [0.5, 0.6) is 0 Å². The third-order valence-electron chi connectivity index (χ3n) is 2.84. The standard InChI is InChI=1S/C17H16BrNO/c1-12-9-13(2)11-16(10-12)19-8-7-17(20)14-3-5-15(18)6-4-14/h3-11,19H,1-2H3/b8-7-. The van der Waals surface area contributed by atoms with Crippen LogP contribution in [0.15, 0.2) is 59.2 Å². The Morgan fingerprint density at radius 1 is 1.05 bits per heavy atom. The number of allylic oxidation sites excluding steroid dienone is 1. The summed E-state index contributed by atoms with van der Waals surface area (Å²) in [5, 5.41) is 3.13. The molecule has 0 radical (unpaired) electrons. The molecular weight excluding hydrogens is 314 g/mol. The van der Waals surface area contributed by atoms with E-state index in [1.54, 1.807) is 24.4 Å². The van der Waals surface area contributed by atoms with Gasteiger partial charge in [0.2, 0.25) is 0 Å². The largest absolute Gasteiger partial charge is 0.362 e. The lowest BCUT2D eigenvalue weighted by Gasteiger charge is -2.04. The van der Waals surface area contributed by atoms with Crippen LogP contribution in [0.4, 0.5) is 5.69 Å². The number of carbonyl (C=O) groups is 1. The zero-order valence-electron chi connectivity index (χ0n) is 11.5. The molecule has 3 heteroatoms. The lowest BCUT2D eigenvalue weighted by molar-refractivity contribution is 0.104. The van der Waals surface area contributed by atoms with Crippen molar-refractivity contribution in [2.45, 2.75) is 13.8 Å². The summed E-state index contributed by atoms with van der Waals surface area (Å²) in [6, 6.07) is 13.5. The molecule has 0 aliphatic heterocycles. The predicted octanol–water partition coefficient (Wildman–Crippen LogP) is 4.87. The fourth-order valence-corrected chi connectivity index (χ4v) is 2.25. The lowest BCUT2D eigenvalue weighted by atomic mass is 10.1. The highest BCUT2D eigenvalue weighted by molar-refractivity contribution is 9.10. The van der Waals surface area contributed by atoms with Crippen LogP contribution in [-0.4, -0.2) is 5.78 Å². The quantitative estimate of drug-likeness (QED) is 0.640. The zero-order chi connectivity index (χ0) is 14.5. The van der Waals surface area contributed by atoms with Crippen LogP contribution in [0, 0.1) is 13.8 Å². The molecule has 0 unspecified atom stereocenters. The molecule has 0 spiro atoms. The molecular formula is C17H16BrNO. The summed E-state index contributed by atoms with van der Waals surface area (Å²) < 4.78 is 0.964. The van der Waals surface area contributed by atoms with E-state index in [1.165, 1.54) is 11.1 Å². The van der Waals surface area contributed by atoms with Crippen LogP contribution in [0.1, 0.15) is 21.5 Å². The van der Waals surface area contributed by atoms with Gasteiger partial charge in [0.1, 0.15) is 0 Å². The molecule has 2 nitrogen and oxygen atoms in total. The van der Waals surface area contributed by atoms with Crippen LogP contribution < -0.4 is 5.32 Å². The molecule has 2 aromatic carbocycles. The van der Waals surface area contributed by atoms with Crippen molar-refractivity contribution in [1.82, 2.24) is 0 Å². The first-order valence-corrected chi connectivity index (χ1v) is 7.15. The number of benzene rings is 2. The smallest absolute Gasteiger partial charge is 0.187 e. The Kier molecular flexibility index (Phi) is 4.74. The van der Waals surface area contributed by atoms with Crippen LogP contribution in [0.25, 0.3) is 0 Å². The number of hydrogen-bond donors (Lipinski definition) is 1. The fraction of sp³-hybridized carbons (Fsp3) is 0.118. The Morgan fingerprint density at radius 2 is 1.65 bits per heavy atom. The third-order valence-corrected chi connectivity index (χ3v) is 3.36. The van der Waals surface area contributed by atoms with Gasteiger partial charge < -0.3 is 5.32 Å². The summed E-state index contributed by atoms with van der Waals surface area (Å²) in [7, 11) is 0. The minimum absolute atomic E-state index is 0.0191. The van der Waals surface area contributed by atoms with Crippen molar-refractivity contribution in [2.75, 3.05) is 5.32 Å². The van der Waals surface area contributed by atoms with Gasteiger partial charge in [-0.25, -0.2) is 0 Å². The lowest BCUT2D eigenvalue weighted by Crippen LogP contribution is -1.96. The molecule has 0 bridgehead atoms. The fourth-order valence-electron chi connectivity index (χ4n) is 1.98. The van der Waals surface area contributed by atoms with Gasteiger partial charge in [-0.1, -0.05) is 22.0 Å². The average molecular weight is 330 g/mol.